The molecule has 1 aliphatic heterocycles. The first-order chi connectivity index (χ1) is 10.1. The van der Waals surface area contributed by atoms with E-state index in [4.69, 9.17) is 5.73 Å². The van der Waals surface area contributed by atoms with Crippen LogP contribution in [0.5, 0.6) is 0 Å². The molecular weight excluding hydrogens is 262 g/mol. The summed E-state index contributed by atoms with van der Waals surface area (Å²) in [6, 6.07) is 0.199. The topological polar surface area (TPSA) is 70.6 Å². The summed E-state index contributed by atoms with van der Waals surface area (Å²) in [5.74, 6) is 1.28. The van der Waals surface area contributed by atoms with E-state index in [0.29, 0.717) is 18.3 Å². The molecule has 0 aromatic carbocycles. The molecule has 116 valence electrons. The third kappa shape index (κ3) is 2.39. The van der Waals surface area contributed by atoms with Crippen LogP contribution in [0.3, 0.4) is 0 Å². The summed E-state index contributed by atoms with van der Waals surface area (Å²) >= 11 is 0. The number of nitrogens with zero attached hydrogens (tertiary/aromatic N) is 1. The molecule has 4 unspecified atom stereocenters. The zero-order valence-corrected chi connectivity index (χ0v) is 13.1. The Balaban J connectivity index is 1.92. The van der Waals surface area contributed by atoms with E-state index in [1.54, 1.807) is 0 Å². The Labute approximate surface area is 127 Å². The van der Waals surface area contributed by atoms with E-state index < -0.39 is 5.60 Å². The molecule has 0 aromatic heterocycles. The minimum Gasteiger partial charge on any atom is -0.383 e. The number of nitrogens with one attached hydrogen (secondary N) is 1. The first-order valence-corrected chi connectivity index (χ1v) is 8.28. The molecule has 4 N–H and O–H groups in total. The fraction of sp³-hybridized carbons (Fsp3) is 0.706. The van der Waals surface area contributed by atoms with Crippen molar-refractivity contribution in [2.45, 2.75) is 64.0 Å². The van der Waals surface area contributed by atoms with Crippen LogP contribution in [0.15, 0.2) is 28.4 Å². The van der Waals surface area contributed by atoms with E-state index in [0.717, 1.165) is 31.4 Å². The number of unbranched alkanes of at least 4 members (excludes halogenated alkanes) is 1. The predicted molar refractivity (Wildman–Crippen MR) is 85.7 cm³/mol. The van der Waals surface area contributed by atoms with Gasteiger partial charge in [-0.3, -0.25) is 0 Å². The zero-order chi connectivity index (χ0) is 15.0. The van der Waals surface area contributed by atoms with E-state index in [1.165, 1.54) is 12.0 Å². The highest BCUT2D eigenvalue weighted by Crippen LogP contribution is 2.50. The summed E-state index contributed by atoms with van der Waals surface area (Å²) in [5, 5.41) is 14.5. The quantitative estimate of drug-likeness (QED) is 0.696. The monoisotopic (exact) mass is 289 g/mol. The summed E-state index contributed by atoms with van der Waals surface area (Å²) < 4.78 is 0. The van der Waals surface area contributed by atoms with Crippen molar-refractivity contribution in [2.24, 2.45) is 22.6 Å². The Bertz CT molecular complexity index is 508. The fourth-order valence-electron chi connectivity index (χ4n) is 4.17. The van der Waals surface area contributed by atoms with Crippen LogP contribution in [0.4, 0.5) is 0 Å². The minimum atomic E-state index is -0.820. The second-order valence-corrected chi connectivity index (χ2v) is 6.78. The lowest BCUT2D eigenvalue weighted by Gasteiger charge is -2.45. The molecule has 0 aromatic rings. The van der Waals surface area contributed by atoms with Crippen LogP contribution in [-0.2, 0) is 0 Å². The standard InChI is InChI=1S/C17H27N3O/c1-3-4-5-6-9-17(21)11(2)10-12-7-8-13-14(12)15(17)20-16(18)19-13/h5-6,11-13,21H,3-4,7-10H2,1-2H3,(H3,18,19,20). The first-order valence-electron chi connectivity index (χ1n) is 8.28. The largest absolute Gasteiger partial charge is 0.383 e. The molecule has 1 saturated carbocycles. The van der Waals surface area contributed by atoms with E-state index in [1.807, 2.05) is 0 Å². The van der Waals surface area contributed by atoms with Crippen LogP contribution < -0.4 is 11.1 Å². The molecule has 4 nitrogen and oxygen atoms in total. The van der Waals surface area contributed by atoms with Crippen LogP contribution >= 0.6 is 0 Å². The summed E-state index contributed by atoms with van der Waals surface area (Å²) in [7, 11) is 0. The Morgan fingerprint density at radius 1 is 1.43 bits per heavy atom. The van der Waals surface area contributed by atoms with Crippen molar-refractivity contribution in [1.82, 2.24) is 5.32 Å². The third-order valence-electron chi connectivity index (χ3n) is 5.36. The minimum absolute atomic E-state index is 0.199. The number of nitrogens with two attached hydrogens (primary N) is 1. The maximum atomic E-state index is 11.3. The number of aliphatic imine (C=N–C) groups is 1. The maximum Gasteiger partial charge on any atom is 0.193 e. The van der Waals surface area contributed by atoms with Gasteiger partial charge in [0, 0.05) is 0 Å². The normalized spacial score (nSPS) is 38.4. The summed E-state index contributed by atoms with van der Waals surface area (Å²) in [6.45, 7) is 4.33. The first kappa shape index (κ1) is 14.6. The predicted octanol–water partition coefficient (Wildman–Crippen LogP) is 2.45. The van der Waals surface area contributed by atoms with Gasteiger partial charge < -0.3 is 16.2 Å². The number of hydrogen-bond acceptors (Lipinski definition) is 4. The van der Waals surface area contributed by atoms with Crippen molar-refractivity contribution in [2.75, 3.05) is 0 Å². The molecule has 4 atom stereocenters. The molecule has 0 saturated heterocycles. The van der Waals surface area contributed by atoms with Crippen molar-refractivity contribution in [3.05, 3.63) is 23.4 Å². The Morgan fingerprint density at radius 3 is 3.00 bits per heavy atom. The van der Waals surface area contributed by atoms with Gasteiger partial charge in [0.05, 0.1) is 11.7 Å². The van der Waals surface area contributed by atoms with Gasteiger partial charge in [0.15, 0.2) is 5.96 Å². The second kappa shape index (κ2) is 5.48. The molecule has 3 rings (SSSR count). The van der Waals surface area contributed by atoms with Crippen LogP contribution in [0.25, 0.3) is 0 Å². The van der Waals surface area contributed by atoms with Gasteiger partial charge in [0.2, 0.25) is 0 Å². The van der Waals surface area contributed by atoms with Gasteiger partial charge in [-0.1, -0.05) is 32.4 Å². The van der Waals surface area contributed by atoms with Crippen molar-refractivity contribution in [1.29, 1.82) is 0 Å². The van der Waals surface area contributed by atoms with Gasteiger partial charge in [0.1, 0.15) is 5.60 Å². The molecule has 0 radical (unpaired) electrons. The Morgan fingerprint density at radius 2 is 2.24 bits per heavy atom. The highest BCUT2D eigenvalue weighted by atomic mass is 16.3. The summed E-state index contributed by atoms with van der Waals surface area (Å²) in [5.41, 5.74) is 7.41. The van der Waals surface area contributed by atoms with Gasteiger partial charge in [-0.15, -0.1) is 0 Å². The zero-order valence-electron chi connectivity index (χ0n) is 13.1. The molecule has 2 aliphatic carbocycles. The van der Waals surface area contributed by atoms with Gasteiger partial charge in [-0.05, 0) is 49.5 Å². The van der Waals surface area contributed by atoms with Crippen LogP contribution in [-0.4, -0.2) is 22.7 Å². The number of guanidine groups is 1. The number of rotatable bonds is 4. The third-order valence-corrected chi connectivity index (χ3v) is 5.36. The highest BCUT2D eigenvalue weighted by molar-refractivity contribution is 5.82. The number of hydrogen-bond donors (Lipinski definition) is 3. The Hall–Kier alpha value is -1.29. The van der Waals surface area contributed by atoms with Crippen molar-refractivity contribution < 1.29 is 5.11 Å². The van der Waals surface area contributed by atoms with Crippen LogP contribution in [0.1, 0.15) is 52.4 Å². The van der Waals surface area contributed by atoms with Gasteiger partial charge in [0.25, 0.3) is 0 Å². The molecule has 0 amide bonds. The maximum absolute atomic E-state index is 11.3. The van der Waals surface area contributed by atoms with Gasteiger partial charge >= 0.3 is 0 Å². The van der Waals surface area contributed by atoms with Crippen LogP contribution in [0.2, 0.25) is 0 Å². The lowest BCUT2D eigenvalue weighted by atomic mass is 9.69. The lowest BCUT2D eigenvalue weighted by Crippen LogP contribution is -2.53. The fourth-order valence-corrected chi connectivity index (χ4v) is 4.17. The average molecular weight is 289 g/mol. The van der Waals surface area contributed by atoms with E-state index in [2.05, 4.69) is 36.3 Å². The van der Waals surface area contributed by atoms with Crippen molar-refractivity contribution >= 4 is 5.96 Å². The summed E-state index contributed by atoms with van der Waals surface area (Å²) in [6.07, 6.45) is 10.5. The molecule has 21 heavy (non-hydrogen) atoms. The number of allylic oxidation sites excluding steroid dienone is 1. The van der Waals surface area contributed by atoms with Gasteiger partial charge in [-0.2, -0.15) is 0 Å². The molecule has 4 heteroatoms. The molecule has 0 spiro atoms. The highest BCUT2D eigenvalue weighted by Gasteiger charge is 2.50. The van der Waals surface area contributed by atoms with E-state index >= 15 is 0 Å². The van der Waals surface area contributed by atoms with E-state index in [-0.39, 0.29) is 12.0 Å². The molecule has 0 bridgehead atoms. The van der Waals surface area contributed by atoms with Crippen LogP contribution in [0, 0.1) is 11.8 Å². The summed E-state index contributed by atoms with van der Waals surface area (Å²) in [4.78, 5) is 4.52. The average Bonchev–Trinajstić information content (AvgIpc) is 2.84. The molecular formula is C17H27N3O. The van der Waals surface area contributed by atoms with Crippen molar-refractivity contribution in [3.8, 4) is 0 Å². The lowest BCUT2D eigenvalue weighted by molar-refractivity contribution is 0.00314. The SMILES string of the molecule is CCCC=CCC1(O)C2=C3C(CCC3N=C(N)N2)CC1C. The second-order valence-electron chi connectivity index (χ2n) is 6.78. The van der Waals surface area contributed by atoms with Crippen molar-refractivity contribution in [3.63, 3.8) is 0 Å². The van der Waals surface area contributed by atoms with Gasteiger partial charge in [-0.25, -0.2) is 4.99 Å². The smallest absolute Gasteiger partial charge is 0.193 e. The molecule has 1 fully saturated rings. The Kier molecular flexibility index (Phi) is 3.82. The molecule has 1 heterocycles. The van der Waals surface area contributed by atoms with E-state index in [9.17, 15) is 5.11 Å². The molecule has 3 aliphatic rings. The number of aliphatic hydroxyl groups is 1.